The van der Waals surface area contributed by atoms with Crippen molar-refractivity contribution < 1.29 is 18.3 Å². The average Bonchev–Trinajstić information content (AvgIpc) is 2.23. The largest absolute Gasteiger partial charge is 0.380 e. The van der Waals surface area contributed by atoms with Crippen LogP contribution in [0.4, 0.5) is 19.3 Å². The maximum atomic E-state index is 12.8. The maximum absolute atomic E-state index is 12.8. The highest BCUT2D eigenvalue weighted by molar-refractivity contribution is 5.89. The van der Waals surface area contributed by atoms with E-state index in [0.29, 0.717) is 19.8 Å². The summed E-state index contributed by atoms with van der Waals surface area (Å²) in [5, 5.41) is 4.80. The van der Waals surface area contributed by atoms with Crippen molar-refractivity contribution in [1.82, 2.24) is 5.32 Å². The van der Waals surface area contributed by atoms with Gasteiger partial charge in [0.1, 0.15) is 11.6 Å². The van der Waals surface area contributed by atoms with Gasteiger partial charge in [-0.1, -0.05) is 0 Å². The number of benzene rings is 1. The molecule has 1 aromatic carbocycles. The van der Waals surface area contributed by atoms with Crippen LogP contribution in [0, 0.1) is 11.6 Å². The molecule has 0 saturated carbocycles. The minimum absolute atomic E-state index is 0.0661. The molecule has 0 fully saturated rings. The summed E-state index contributed by atoms with van der Waals surface area (Å²) in [6, 6.07) is 2.27. The second kappa shape index (κ2) is 6.80. The van der Waals surface area contributed by atoms with Crippen LogP contribution in [0.3, 0.4) is 0 Å². The lowest BCUT2D eigenvalue weighted by Gasteiger charge is -2.07. The maximum Gasteiger partial charge on any atom is 0.319 e. The molecule has 94 valence electrons. The number of rotatable bonds is 5. The van der Waals surface area contributed by atoms with Crippen molar-refractivity contribution in [2.24, 2.45) is 0 Å². The van der Waals surface area contributed by atoms with E-state index < -0.39 is 17.7 Å². The highest BCUT2D eigenvalue weighted by Gasteiger charge is 2.04. The quantitative estimate of drug-likeness (QED) is 0.779. The fourth-order valence-electron chi connectivity index (χ4n) is 1.18. The number of urea groups is 1. The molecular weight excluding hydrogens is 230 g/mol. The first kappa shape index (κ1) is 13.4. The zero-order valence-corrected chi connectivity index (χ0v) is 9.43. The van der Waals surface area contributed by atoms with Gasteiger partial charge in [0, 0.05) is 24.9 Å². The lowest BCUT2D eigenvalue weighted by Crippen LogP contribution is -2.31. The van der Waals surface area contributed by atoms with E-state index in [9.17, 15) is 13.6 Å². The predicted octanol–water partition coefficient (Wildman–Crippen LogP) is 2.12. The van der Waals surface area contributed by atoms with E-state index in [4.69, 9.17) is 4.74 Å². The van der Waals surface area contributed by atoms with E-state index in [0.717, 1.165) is 18.2 Å². The van der Waals surface area contributed by atoms with Crippen molar-refractivity contribution in [3.05, 3.63) is 29.8 Å². The van der Waals surface area contributed by atoms with E-state index in [-0.39, 0.29) is 5.69 Å². The summed E-state index contributed by atoms with van der Waals surface area (Å²) in [7, 11) is 0. The Balaban J connectivity index is 2.39. The van der Waals surface area contributed by atoms with Crippen molar-refractivity contribution >= 4 is 11.7 Å². The Morgan fingerprint density at radius 1 is 1.29 bits per heavy atom. The van der Waals surface area contributed by atoms with Gasteiger partial charge in [-0.05, 0) is 19.1 Å². The first-order valence-corrected chi connectivity index (χ1v) is 5.20. The Kier molecular flexibility index (Phi) is 5.35. The molecule has 0 aliphatic heterocycles. The van der Waals surface area contributed by atoms with E-state index in [1.807, 2.05) is 6.92 Å². The molecule has 0 aromatic heterocycles. The fourth-order valence-corrected chi connectivity index (χ4v) is 1.18. The van der Waals surface area contributed by atoms with E-state index in [2.05, 4.69) is 10.6 Å². The van der Waals surface area contributed by atoms with Gasteiger partial charge in [0.25, 0.3) is 0 Å². The Morgan fingerprint density at radius 3 is 2.53 bits per heavy atom. The molecule has 0 aliphatic carbocycles. The summed E-state index contributed by atoms with van der Waals surface area (Å²) in [6.07, 6.45) is 0. The smallest absolute Gasteiger partial charge is 0.319 e. The number of amides is 2. The number of hydrogen-bond donors (Lipinski definition) is 2. The molecule has 1 rings (SSSR count). The van der Waals surface area contributed by atoms with Crippen molar-refractivity contribution in [1.29, 1.82) is 0 Å². The standard InChI is InChI=1S/C11H14F2N2O2/c1-2-17-4-3-14-11(16)15-10-6-8(12)5-9(13)7-10/h5-7H,2-4H2,1H3,(H2,14,15,16). The molecule has 0 unspecified atom stereocenters. The van der Waals surface area contributed by atoms with Crippen LogP contribution in [-0.4, -0.2) is 25.8 Å². The van der Waals surface area contributed by atoms with Gasteiger partial charge in [-0.25, -0.2) is 13.6 Å². The second-order valence-corrected chi connectivity index (χ2v) is 3.24. The topological polar surface area (TPSA) is 50.4 Å². The summed E-state index contributed by atoms with van der Waals surface area (Å²) < 4.78 is 30.6. The van der Waals surface area contributed by atoms with Crippen molar-refractivity contribution in [2.75, 3.05) is 25.1 Å². The molecule has 6 heteroatoms. The molecule has 2 amide bonds. The molecule has 1 aromatic rings. The van der Waals surface area contributed by atoms with Gasteiger partial charge in [-0.3, -0.25) is 0 Å². The first-order valence-electron chi connectivity index (χ1n) is 5.20. The molecule has 0 aliphatic rings. The monoisotopic (exact) mass is 244 g/mol. The van der Waals surface area contributed by atoms with Gasteiger partial charge in [-0.2, -0.15) is 0 Å². The van der Waals surface area contributed by atoms with Crippen molar-refractivity contribution in [2.45, 2.75) is 6.92 Å². The molecule has 0 saturated heterocycles. The minimum Gasteiger partial charge on any atom is -0.380 e. The molecule has 0 spiro atoms. The van der Waals surface area contributed by atoms with E-state index in [1.54, 1.807) is 0 Å². The van der Waals surface area contributed by atoms with E-state index in [1.165, 1.54) is 0 Å². The molecule has 0 heterocycles. The van der Waals surface area contributed by atoms with Crippen LogP contribution in [0.5, 0.6) is 0 Å². The van der Waals surface area contributed by atoms with Crippen LogP contribution in [0.2, 0.25) is 0 Å². The minimum atomic E-state index is -0.741. The third-order valence-electron chi connectivity index (χ3n) is 1.86. The molecular formula is C11H14F2N2O2. The molecule has 0 radical (unpaired) electrons. The predicted molar refractivity (Wildman–Crippen MR) is 59.9 cm³/mol. The van der Waals surface area contributed by atoms with Gasteiger partial charge in [0.15, 0.2) is 0 Å². The van der Waals surface area contributed by atoms with Crippen LogP contribution >= 0.6 is 0 Å². The molecule has 0 atom stereocenters. The summed E-state index contributed by atoms with van der Waals surface area (Å²) >= 11 is 0. The summed E-state index contributed by atoms with van der Waals surface area (Å²) in [4.78, 5) is 11.3. The Morgan fingerprint density at radius 2 is 1.94 bits per heavy atom. The number of nitrogens with one attached hydrogen (secondary N) is 2. The zero-order valence-electron chi connectivity index (χ0n) is 9.43. The van der Waals surface area contributed by atoms with Gasteiger partial charge in [0.2, 0.25) is 0 Å². The Labute approximate surface area is 98.0 Å². The number of halogens is 2. The van der Waals surface area contributed by atoms with Crippen molar-refractivity contribution in [3.63, 3.8) is 0 Å². The number of carbonyl (C=O) groups is 1. The van der Waals surface area contributed by atoms with Crippen LogP contribution in [-0.2, 0) is 4.74 Å². The third kappa shape index (κ3) is 5.26. The lowest BCUT2D eigenvalue weighted by atomic mass is 10.3. The summed E-state index contributed by atoms with van der Waals surface area (Å²) in [6.45, 7) is 3.13. The third-order valence-corrected chi connectivity index (χ3v) is 1.86. The Hall–Kier alpha value is -1.69. The number of ether oxygens (including phenoxy) is 1. The van der Waals surface area contributed by atoms with Gasteiger partial charge in [0.05, 0.1) is 6.61 Å². The molecule has 17 heavy (non-hydrogen) atoms. The molecule has 0 bridgehead atoms. The van der Waals surface area contributed by atoms with Crippen LogP contribution in [0.25, 0.3) is 0 Å². The van der Waals surface area contributed by atoms with Crippen LogP contribution in [0.15, 0.2) is 18.2 Å². The zero-order chi connectivity index (χ0) is 12.7. The molecule has 4 nitrogen and oxygen atoms in total. The summed E-state index contributed by atoms with van der Waals surface area (Å²) in [5.74, 6) is -1.48. The fraction of sp³-hybridized carbons (Fsp3) is 0.364. The van der Waals surface area contributed by atoms with Crippen LogP contribution in [0.1, 0.15) is 6.92 Å². The highest BCUT2D eigenvalue weighted by atomic mass is 19.1. The lowest BCUT2D eigenvalue weighted by molar-refractivity contribution is 0.150. The van der Waals surface area contributed by atoms with Gasteiger partial charge >= 0.3 is 6.03 Å². The van der Waals surface area contributed by atoms with Gasteiger partial charge in [-0.15, -0.1) is 0 Å². The SMILES string of the molecule is CCOCCNC(=O)Nc1cc(F)cc(F)c1. The molecule has 2 N–H and O–H groups in total. The van der Waals surface area contributed by atoms with Gasteiger partial charge < -0.3 is 15.4 Å². The number of carbonyl (C=O) groups excluding carboxylic acids is 1. The highest BCUT2D eigenvalue weighted by Crippen LogP contribution is 2.12. The average molecular weight is 244 g/mol. The van der Waals surface area contributed by atoms with Crippen molar-refractivity contribution in [3.8, 4) is 0 Å². The second-order valence-electron chi connectivity index (χ2n) is 3.24. The normalized spacial score (nSPS) is 10.1. The van der Waals surface area contributed by atoms with Crippen LogP contribution < -0.4 is 10.6 Å². The number of hydrogen-bond acceptors (Lipinski definition) is 2. The van der Waals surface area contributed by atoms with E-state index >= 15 is 0 Å². The summed E-state index contributed by atoms with van der Waals surface area (Å²) in [5.41, 5.74) is 0.0661. The Bertz CT molecular complexity index is 365. The number of anilines is 1. The first-order chi connectivity index (χ1) is 8.11.